The highest BCUT2D eigenvalue weighted by molar-refractivity contribution is 7.97. The number of methoxy groups -OCH3 is 1. The molecule has 12 heteroatoms. The molecule has 4 N–H and O–H groups in total. The minimum Gasteiger partial charge on any atom is -0.496 e. The van der Waals surface area contributed by atoms with E-state index in [-0.39, 0.29) is 29.5 Å². The fourth-order valence-electron chi connectivity index (χ4n) is 6.25. The lowest BCUT2D eigenvalue weighted by atomic mass is 9.93. The lowest BCUT2D eigenvalue weighted by Crippen LogP contribution is -2.46. The minimum absolute atomic E-state index is 0.148. The summed E-state index contributed by atoms with van der Waals surface area (Å²) in [6.07, 6.45) is 4.24. The maximum Gasteiger partial charge on any atom is 0.274 e. The molecule has 1 aliphatic rings. The molecule has 11 nitrogen and oxygen atoms in total. The highest BCUT2D eigenvalue weighted by Gasteiger charge is 2.32. The number of fused-ring (bicyclic) bond motifs is 1. The smallest absolute Gasteiger partial charge is 0.274 e. The van der Waals surface area contributed by atoms with E-state index in [9.17, 15) is 19.5 Å². The first-order valence-corrected chi connectivity index (χ1v) is 18.0. The van der Waals surface area contributed by atoms with E-state index in [0.29, 0.717) is 59.5 Å². The summed E-state index contributed by atoms with van der Waals surface area (Å²) in [6, 6.07) is 19.3. The molecule has 1 aromatic heterocycles. The number of aliphatic hydroxyl groups excluding tert-OH is 1. The molecule has 0 saturated heterocycles. The van der Waals surface area contributed by atoms with Gasteiger partial charge < -0.3 is 25.0 Å². The summed E-state index contributed by atoms with van der Waals surface area (Å²) in [5.74, 6) is -0.543. The topological polar surface area (TPSA) is 143 Å². The van der Waals surface area contributed by atoms with Crippen molar-refractivity contribution in [3.63, 3.8) is 0 Å². The van der Waals surface area contributed by atoms with Gasteiger partial charge in [0, 0.05) is 35.9 Å². The number of unbranched alkanes of at least 4 members (excludes halogenated alkanes) is 2. The highest BCUT2D eigenvalue weighted by atomic mass is 32.2. The number of amides is 3. The fourth-order valence-corrected chi connectivity index (χ4v) is 6.58. The van der Waals surface area contributed by atoms with Gasteiger partial charge in [-0.05, 0) is 91.7 Å². The van der Waals surface area contributed by atoms with Crippen LogP contribution in [0, 0.1) is 6.92 Å². The normalized spacial score (nSPS) is 13.9. The number of aliphatic hydroxyl groups is 1. The van der Waals surface area contributed by atoms with Crippen molar-refractivity contribution in [2.24, 2.45) is 5.14 Å². The third-order valence-electron chi connectivity index (χ3n) is 9.05. The number of carbonyl (C=O) groups is 3. The molecular formula is C38H46N6O5S. The predicted octanol–water partition coefficient (Wildman–Crippen LogP) is 6.01. The molecule has 3 aromatic carbocycles. The van der Waals surface area contributed by atoms with Gasteiger partial charge in [0.1, 0.15) is 5.75 Å². The Morgan fingerprint density at radius 3 is 2.38 bits per heavy atom. The van der Waals surface area contributed by atoms with E-state index in [2.05, 4.69) is 19.2 Å². The van der Waals surface area contributed by atoms with E-state index in [1.54, 1.807) is 52.0 Å². The van der Waals surface area contributed by atoms with Crippen LogP contribution in [0.15, 0.2) is 71.6 Å². The van der Waals surface area contributed by atoms with Gasteiger partial charge in [0.05, 0.1) is 36.6 Å². The van der Waals surface area contributed by atoms with E-state index in [4.69, 9.17) is 15.0 Å². The van der Waals surface area contributed by atoms with Crippen LogP contribution in [-0.4, -0.2) is 75.3 Å². The van der Waals surface area contributed by atoms with Gasteiger partial charge in [0.15, 0.2) is 5.69 Å². The zero-order chi connectivity index (χ0) is 35.8. The number of aromatic nitrogens is 2. The monoisotopic (exact) mass is 698 g/mol. The van der Waals surface area contributed by atoms with Gasteiger partial charge in [0.2, 0.25) is 0 Å². The Bertz CT molecular complexity index is 1830. The van der Waals surface area contributed by atoms with Gasteiger partial charge in [-0.3, -0.25) is 19.5 Å². The van der Waals surface area contributed by atoms with Crippen LogP contribution in [-0.2, 0) is 13.0 Å². The second-order valence-corrected chi connectivity index (χ2v) is 13.2. The summed E-state index contributed by atoms with van der Waals surface area (Å²) in [7, 11) is 1.49. The van der Waals surface area contributed by atoms with E-state index in [0.717, 1.165) is 48.8 Å². The quantitative estimate of drug-likeness (QED) is 0.136. The lowest BCUT2D eigenvalue weighted by Gasteiger charge is -2.36. The molecule has 1 aliphatic heterocycles. The molecule has 264 valence electrons. The Morgan fingerprint density at radius 1 is 1.00 bits per heavy atom. The van der Waals surface area contributed by atoms with Crippen molar-refractivity contribution in [1.29, 1.82) is 0 Å². The molecular weight excluding hydrogens is 653 g/mol. The van der Waals surface area contributed by atoms with Crippen LogP contribution < -0.4 is 15.2 Å². The average molecular weight is 699 g/mol. The molecule has 50 heavy (non-hydrogen) atoms. The number of ether oxygens (including phenoxy) is 1. The van der Waals surface area contributed by atoms with Gasteiger partial charge in [-0.2, -0.15) is 5.10 Å². The predicted molar refractivity (Wildman–Crippen MR) is 196 cm³/mol. The molecule has 0 radical (unpaired) electrons. The van der Waals surface area contributed by atoms with Crippen LogP contribution in [0.25, 0.3) is 5.69 Å². The summed E-state index contributed by atoms with van der Waals surface area (Å²) in [5.41, 5.74) is 4.44. The average Bonchev–Trinajstić information content (AvgIpc) is 3.54. The number of aryl methyl sites for hydroxylation is 1. The summed E-state index contributed by atoms with van der Waals surface area (Å²) < 4.78 is 7.04. The number of benzene rings is 3. The molecule has 3 amide bonds. The molecule has 2 heterocycles. The van der Waals surface area contributed by atoms with E-state index < -0.39 is 11.9 Å². The number of nitrogens with two attached hydrogens (primary N) is 1. The molecule has 0 aliphatic carbocycles. The van der Waals surface area contributed by atoms with E-state index in [1.165, 1.54) is 7.11 Å². The zero-order valence-electron chi connectivity index (χ0n) is 29.1. The van der Waals surface area contributed by atoms with Gasteiger partial charge >= 0.3 is 0 Å². The number of anilines is 1. The molecule has 4 aromatic rings. The number of carbonyl (C=O) groups excluding carboxylic acids is 3. The lowest BCUT2D eigenvalue weighted by molar-refractivity contribution is 0.0544. The third kappa shape index (κ3) is 8.04. The zero-order valence-corrected chi connectivity index (χ0v) is 30.0. The maximum atomic E-state index is 14.6. The van der Waals surface area contributed by atoms with Crippen molar-refractivity contribution in [2.45, 2.75) is 70.4 Å². The molecule has 0 saturated carbocycles. The Balaban J connectivity index is 1.56. The Morgan fingerprint density at radius 2 is 1.72 bits per heavy atom. The van der Waals surface area contributed by atoms with Gasteiger partial charge in [-0.25, -0.2) is 4.68 Å². The minimum atomic E-state index is -0.453. The number of nitrogens with one attached hydrogen (secondary N) is 1. The Hall–Kier alpha value is -4.65. The van der Waals surface area contributed by atoms with Crippen LogP contribution in [0.3, 0.4) is 0 Å². The van der Waals surface area contributed by atoms with Crippen LogP contribution >= 0.6 is 11.9 Å². The van der Waals surface area contributed by atoms with Crippen LogP contribution in [0.2, 0.25) is 0 Å². The second-order valence-electron chi connectivity index (χ2n) is 12.5. The third-order valence-corrected chi connectivity index (χ3v) is 9.57. The summed E-state index contributed by atoms with van der Waals surface area (Å²) in [6.45, 7) is 7.43. The van der Waals surface area contributed by atoms with Gasteiger partial charge in [-0.1, -0.05) is 51.0 Å². The van der Waals surface area contributed by atoms with Crippen LogP contribution in [0.5, 0.6) is 5.75 Å². The van der Waals surface area contributed by atoms with E-state index in [1.807, 2.05) is 36.1 Å². The highest BCUT2D eigenvalue weighted by Crippen LogP contribution is 2.30. The van der Waals surface area contributed by atoms with E-state index >= 15 is 0 Å². The molecule has 0 unspecified atom stereocenters. The Labute approximate surface area is 297 Å². The number of hydrogen-bond acceptors (Lipinski definition) is 8. The number of hydrogen-bond donors (Lipinski definition) is 3. The van der Waals surface area contributed by atoms with Crippen molar-refractivity contribution in [3.05, 3.63) is 100 Å². The second kappa shape index (κ2) is 16.8. The fraction of sp³-hybridized carbons (Fsp3) is 0.368. The standard InChI is InChI=1S/C38H46N6O5S/c1-5-7-17-42(18-8-6-2)38(48)33-19-25(3)44(41-33)34-15-13-28(40-36(46)32-22-30(50-39)14-16-35(32)49-4)21-31(34)37(47)43-23-27-12-10-9-11-26(27)20-29(43)24-45/h9-16,19,21-22,29,45H,5-8,17-18,20,23-24,39H2,1-4H3,(H,40,46)/t29-/m0/s1. The molecule has 0 bridgehead atoms. The molecule has 1 atom stereocenters. The van der Waals surface area contributed by atoms with Gasteiger partial charge in [0.25, 0.3) is 17.7 Å². The van der Waals surface area contributed by atoms with Crippen molar-refractivity contribution in [1.82, 2.24) is 19.6 Å². The number of nitrogens with zero attached hydrogens (tertiary/aromatic N) is 4. The SMILES string of the molecule is CCCCN(CCCC)C(=O)c1cc(C)n(-c2ccc(NC(=O)c3cc(SN)ccc3OC)cc2C(=O)N2Cc3ccccc3C[C@H]2CO)n1. The first-order chi connectivity index (χ1) is 24.2. The van der Waals surface area contributed by atoms with Crippen molar-refractivity contribution in [3.8, 4) is 11.4 Å². The maximum absolute atomic E-state index is 14.6. The Kier molecular flexibility index (Phi) is 12.3. The summed E-state index contributed by atoms with van der Waals surface area (Å²) >= 11 is 1.02. The van der Waals surface area contributed by atoms with Gasteiger partial charge in [-0.15, -0.1) is 0 Å². The molecule has 0 fully saturated rings. The first kappa shape index (κ1) is 36.6. The number of rotatable bonds is 14. The largest absolute Gasteiger partial charge is 0.496 e. The summed E-state index contributed by atoms with van der Waals surface area (Å²) in [4.78, 5) is 46.1. The molecule has 0 spiro atoms. The summed E-state index contributed by atoms with van der Waals surface area (Å²) in [5, 5.41) is 23.8. The first-order valence-electron chi connectivity index (χ1n) is 17.1. The van der Waals surface area contributed by atoms with Crippen LogP contribution in [0.1, 0.15) is 87.6 Å². The van der Waals surface area contributed by atoms with Crippen molar-refractivity contribution >= 4 is 35.4 Å². The van der Waals surface area contributed by atoms with Crippen molar-refractivity contribution in [2.75, 3.05) is 32.1 Å². The van der Waals surface area contributed by atoms with Crippen molar-refractivity contribution < 1.29 is 24.2 Å². The molecule has 5 rings (SSSR count). The van der Waals surface area contributed by atoms with Crippen LogP contribution in [0.4, 0.5) is 5.69 Å².